The lowest BCUT2D eigenvalue weighted by Crippen LogP contribution is -2.66. The third-order valence-electron chi connectivity index (χ3n) is 5.54. The Morgan fingerprint density at radius 1 is 1.29 bits per heavy atom. The second-order valence-corrected chi connectivity index (χ2v) is 7.78. The molecule has 7 atom stereocenters. The van der Waals surface area contributed by atoms with Gasteiger partial charge in [0.15, 0.2) is 12.5 Å². The number of hydrogen-bond acceptors (Lipinski definition) is 6. The average Bonchev–Trinajstić information content (AvgIpc) is 2.79. The number of ether oxygens (including phenoxy) is 4. The zero-order valence-electron chi connectivity index (χ0n) is 17.2. The molecule has 164 valence electrons. The van der Waals surface area contributed by atoms with Gasteiger partial charge in [0, 0.05) is 23.3 Å². The standard InChI is InChI=1S/C22H26N4O5/c1-14(27)24-18-20(28-12-15-8-4-2-5-9-15)19-17(30-21(18)25-26-23)13-29-22(31-19)16-10-6-3-7-11-16/h2-8,10-11,15,17-22H,9,12-13H2,1H3,(H,24,27)/t15?,17-,18-,19-,20-,21-,22?/m1/s1. The van der Waals surface area contributed by atoms with Gasteiger partial charge in [-0.2, -0.15) is 0 Å². The van der Waals surface area contributed by atoms with Gasteiger partial charge in [-0.1, -0.05) is 59.8 Å². The van der Waals surface area contributed by atoms with E-state index in [4.69, 9.17) is 24.5 Å². The Hall–Kier alpha value is -2.68. The molecule has 1 aliphatic carbocycles. The summed E-state index contributed by atoms with van der Waals surface area (Å²) in [6.07, 6.45) is 5.96. The first-order chi connectivity index (χ1) is 15.2. The number of benzene rings is 1. The van der Waals surface area contributed by atoms with Gasteiger partial charge in [-0.05, 0) is 12.0 Å². The van der Waals surface area contributed by atoms with Gasteiger partial charge in [0.1, 0.15) is 18.3 Å². The van der Waals surface area contributed by atoms with Crippen molar-refractivity contribution in [3.05, 3.63) is 70.6 Å². The van der Waals surface area contributed by atoms with E-state index in [1.54, 1.807) is 0 Å². The van der Waals surface area contributed by atoms with Gasteiger partial charge >= 0.3 is 0 Å². The predicted molar refractivity (Wildman–Crippen MR) is 112 cm³/mol. The summed E-state index contributed by atoms with van der Waals surface area (Å²) in [4.78, 5) is 14.8. The van der Waals surface area contributed by atoms with Gasteiger partial charge in [0.05, 0.1) is 19.3 Å². The average molecular weight is 426 g/mol. The summed E-state index contributed by atoms with van der Waals surface area (Å²) in [7, 11) is 0. The number of rotatable bonds is 6. The van der Waals surface area contributed by atoms with Gasteiger partial charge in [0.2, 0.25) is 5.91 Å². The molecule has 9 heteroatoms. The third-order valence-corrected chi connectivity index (χ3v) is 5.54. The fourth-order valence-electron chi connectivity index (χ4n) is 4.09. The molecule has 1 aromatic carbocycles. The van der Waals surface area contributed by atoms with Crippen LogP contribution in [0.2, 0.25) is 0 Å². The van der Waals surface area contributed by atoms with Gasteiger partial charge in [-0.25, -0.2) is 0 Å². The molecule has 0 bridgehead atoms. The number of nitrogens with one attached hydrogen (secondary N) is 1. The Labute approximate surface area is 180 Å². The number of carbonyl (C=O) groups excluding carboxylic acids is 1. The first kappa shape index (κ1) is 21.5. The van der Waals surface area contributed by atoms with Crippen molar-refractivity contribution in [2.75, 3.05) is 13.2 Å². The van der Waals surface area contributed by atoms with Crippen molar-refractivity contribution in [2.45, 2.75) is 50.2 Å². The van der Waals surface area contributed by atoms with Crippen LogP contribution in [0.4, 0.5) is 0 Å². The van der Waals surface area contributed by atoms with Crippen molar-refractivity contribution in [3.63, 3.8) is 0 Å². The van der Waals surface area contributed by atoms with Crippen LogP contribution in [0.5, 0.6) is 0 Å². The molecule has 1 amide bonds. The first-order valence-electron chi connectivity index (χ1n) is 10.4. The van der Waals surface area contributed by atoms with Crippen LogP contribution in [-0.2, 0) is 23.7 Å². The summed E-state index contributed by atoms with van der Waals surface area (Å²) in [5.41, 5.74) is 9.91. The van der Waals surface area contributed by atoms with E-state index in [0.717, 1.165) is 12.0 Å². The van der Waals surface area contributed by atoms with Crippen molar-refractivity contribution < 1.29 is 23.7 Å². The van der Waals surface area contributed by atoms with Crippen molar-refractivity contribution in [3.8, 4) is 0 Å². The van der Waals surface area contributed by atoms with Crippen molar-refractivity contribution in [2.24, 2.45) is 11.0 Å². The fraction of sp³-hybridized carbons (Fsp3) is 0.500. The summed E-state index contributed by atoms with van der Waals surface area (Å²) in [5.74, 6) is -0.0575. The molecule has 2 heterocycles. The minimum atomic E-state index is -0.928. The van der Waals surface area contributed by atoms with Crippen LogP contribution in [-0.4, -0.2) is 49.7 Å². The number of hydrogen-bond donors (Lipinski definition) is 1. The van der Waals surface area contributed by atoms with Gasteiger partial charge < -0.3 is 24.3 Å². The first-order valence-corrected chi connectivity index (χ1v) is 10.4. The minimum Gasteiger partial charge on any atom is -0.373 e. The summed E-state index contributed by atoms with van der Waals surface area (Å²) >= 11 is 0. The summed E-state index contributed by atoms with van der Waals surface area (Å²) in [6.45, 7) is 2.09. The maximum atomic E-state index is 11.9. The number of allylic oxidation sites excluding steroid dienone is 3. The lowest BCUT2D eigenvalue weighted by atomic mass is 9.94. The van der Waals surface area contributed by atoms with Crippen molar-refractivity contribution in [1.82, 2.24) is 5.32 Å². The van der Waals surface area contributed by atoms with Crippen LogP contribution in [0.15, 0.2) is 59.8 Å². The molecule has 2 fully saturated rings. The van der Waals surface area contributed by atoms with Crippen LogP contribution < -0.4 is 5.32 Å². The molecule has 3 aliphatic rings. The molecule has 4 rings (SSSR count). The Kier molecular flexibility index (Phi) is 7.01. The molecule has 0 saturated carbocycles. The minimum absolute atomic E-state index is 0.215. The molecule has 1 aromatic rings. The fourth-order valence-corrected chi connectivity index (χ4v) is 4.09. The van der Waals surface area contributed by atoms with Crippen LogP contribution in [0.3, 0.4) is 0 Å². The van der Waals surface area contributed by atoms with E-state index >= 15 is 0 Å². The Bertz CT molecular complexity index is 870. The number of nitrogens with zero attached hydrogens (tertiary/aromatic N) is 3. The quantitative estimate of drug-likeness (QED) is 0.426. The van der Waals surface area contributed by atoms with E-state index < -0.39 is 36.9 Å². The second kappa shape index (κ2) is 10.1. The van der Waals surface area contributed by atoms with Crippen LogP contribution in [0, 0.1) is 5.92 Å². The predicted octanol–water partition coefficient (Wildman–Crippen LogP) is 3.16. The van der Waals surface area contributed by atoms with Gasteiger partial charge in [-0.3, -0.25) is 4.79 Å². The van der Waals surface area contributed by atoms with E-state index in [2.05, 4.69) is 27.5 Å². The van der Waals surface area contributed by atoms with Crippen molar-refractivity contribution in [1.29, 1.82) is 0 Å². The molecular weight excluding hydrogens is 400 g/mol. The lowest BCUT2D eigenvalue weighted by Gasteiger charge is -2.48. The summed E-state index contributed by atoms with van der Waals surface area (Å²) < 4.78 is 24.4. The molecule has 31 heavy (non-hydrogen) atoms. The van der Waals surface area contributed by atoms with E-state index in [1.165, 1.54) is 6.92 Å². The highest BCUT2D eigenvalue weighted by atomic mass is 16.7. The van der Waals surface area contributed by atoms with E-state index in [0.29, 0.717) is 6.61 Å². The molecule has 2 aliphatic heterocycles. The molecule has 9 nitrogen and oxygen atoms in total. The Morgan fingerprint density at radius 2 is 2.13 bits per heavy atom. The topological polar surface area (TPSA) is 115 Å². The summed E-state index contributed by atoms with van der Waals surface area (Å²) in [6, 6.07) is 8.93. The molecule has 0 spiro atoms. The maximum Gasteiger partial charge on any atom is 0.217 e. The molecular formula is C22H26N4O5. The maximum absolute atomic E-state index is 11.9. The number of carbonyl (C=O) groups is 1. The number of amides is 1. The van der Waals surface area contributed by atoms with E-state index in [9.17, 15) is 4.79 Å². The van der Waals surface area contributed by atoms with Gasteiger partial charge in [0.25, 0.3) is 0 Å². The zero-order valence-corrected chi connectivity index (χ0v) is 17.2. The van der Waals surface area contributed by atoms with E-state index in [-0.39, 0.29) is 18.4 Å². The molecule has 0 aromatic heterocycles. The lowest BCUT2D eigenvalue weighted by molar-refractivity contribution is -0.319. The highest BCUT2D eigenvalue weighted by Gasteiger charge is 2.50. The smallest absolute Gasteiger partial charge is 0.217 e. The van der Waals surface area contributed by atoms with E-state index in [1.807, 2.05) is 42.5 Å². The highest BCUT2D eigenvalue weighted by molar-refractivity contribution is 5.73. The van der Waals surface area contributed by atoms with Crippen LogP contribution in [0.25, 0.3) is 10.4 Å². The van der Waals surface area contributed by atoms with Crippen LogP contribution in [0.1, 0.15) is 25.2 Å². The number of fused-ring (bicyclic) bond motifs is 1. The Balaban J connectivity index is 1.58. The monoisotopic (exact) mass is 426 g/mol. The normalized spacial score (nSPS) is 34.4. The largest absolute Gasteiger partial charge is 0.373 e. The highest BCUT2D eigenvalue weighted by Crippen LogP contribution is 2.36. The molecule has 2 unspecified atom stereocenters. The molecule has 2 saturated heterocycles. The van der Waals surface area contributed by atoms with Crippen molar-refractivity contribution >= 4 is 5.91 Å². The molecule has 1 N–H and O–H groups in total. The third kappa shape index (κ3) is 5.15. The second-order valence-electron chi connectivity index (χ2n) is 7.78. The summed E-state index contributed by atoms with van der Waals surface area (Å²) in [5, 5.41) is 6.59. The SMILES string of the molecule is CC(=O)N[C@@H]1[C@@H](OCC2C=CC=CC2)[C@@H]2OC(c3ccccc3)OC[C@H]2O[C@H]1N=[N+]=[N-]. The Morgan fingerprint density at radius 3 is 2.84 bits per heavy atom. The molecule has 0 radical (unpaired) electrons. The van der Waals surface area contributed by atoms with Gasteiger partial charge in [-0.15, -0.1) is 0 Å². The number of azide groups is 1. The van der Waals surface area contributed by atoms with Crippen LogP contribution >= 0.6 is 0 Å². The zero-order chi connectivity index (χ0) is 21.6.